The Labute approximate surface area is 145 Å². The van der Waals surface area contributed by atoms with E-state index < -0.39 is 0 Å². The van der Waals surface area contributed by atoms with E-state index in [1.807, 2.05) is 18.2 Å². The van der Waals surface area contributed by atoms with Crippen molar-refractivity contribution in [2.45, 2.75) is 6.54 Å². The van der Waals surface area contributed by atoms with Crippen molar-refractivity contribution in [1.82, 2.24) is 9.97 Å². The molecule has 3 rings (SSSR count). The molecule has 0 aliphatic carbocycles. The van der Waals surface area contributed by atoms with Crippen LogP contribution in [-0.4, -0.2) is 15.9 Å². The number of nitrogens with zero attached hydrogens (tertiary/aromatic N) is 3. The lowest BCUT2D eigenvalue weighted by atomic mass is 10.2. The summed E-state index contributed by atoms with van der Waals surface area (Å²) in [5.74, 6) is -0.262. The molecule has 0 saturated heterocycles. The lowest BCUT2D eigenvalue weighted by Gasteiger charge is -2.08. The lowest BCUT2D eigenvalue weighted by molar-refractivity contribution is 0.102. The van der Waals surface area contributed by atoms with Crippen molar-refractivity contribution in [1.29, 1.82) is 5.26 Å². The van der Waals surface area contributed by atoms with Crippen molar-refractivity contribution in [3.63, 3.8) is 0 Å². The van der Waals surface area contributed by atoms with Gasteiger partial charge in [0.1, 0.15) is 0 Å². The van der Waals surface area contributed by atoms with Gasteiger partial charge in [0.25, 0.3) is 5.91 Å². The highest BCUT2D eigenvalue weighted by Crippen LogP contribution is 2.14. The number of hydrogen-bond donors (Lipinski definition) is 2. The Morgan fingerprint density at radius 3 is 2.60 bits per heavy atom. The average molecular weight is 329 g/mol. The number of hydrogen-bond acceptors (Lipinski definition) is 5. The number of nitrogens with one attached hydrogen (secondary N) is 2. The third-order valence-electron chi connectivity index (χ3n) is 3.49. The molecule has 0 spiro atoms. The Hall–Kier alpha value is -3.72. The Kier molecular flexibility index (Phi) is 4.98. The molecule has 6 heteroatoms. The molecule has 0 unspecified atom stereocenters. The molecule has 0 aliphatic heterocycles. The van der Waals surface area contributed by atoms with E-state index in [2.05, 4.69) is 20.6 Å². The zero-order chi connectivity index (χ0) is 17.5. The van der Waals surface area contributed by atoms with Crippen LogP contribution in [0.25, 0.3) is 0 Å². The largest absolute Gasteiger partial charge is 0.380 e. The van der Waals surface area contributed by atoms with E-state index in [9.17, 15) is 4.79 Å². The van der Waals surface area contributed by atoms with Crippen LogP contribution in [0.1, 0.15) is 21.5 Å². The molecule has 0 fully saturated rings. The van der Waals surface area contributed by atoms with Gasteiger partial charge in [0, 0.05) is 37.0 Å². The van der Waals surface area contributed by atoms with E-state index in [1.165, 1.54) is 6.20 Å². The highest BCUT2D eigenvalue weighted by Gasteiger charge is 2.08. The van der Waals surface area contributed by atoms with Crippen molar-refractivity contribution in [2.24, 2.45) is 0 Å². The van der Waals surface area contributed by atoms with Crippen LogP contribution in [0.3, 0.4) is 0 Å². The van der Waals surface area contributed by atoms with E-state index in [4.69, 9.17) is 5.26 Å². The quantitative estimate of drug-likeness (QED) is 0.750. The summed E-state index contributed by atoms with van der Waals surface area (Å²) in [5, 5.41) is 14.8. The summed E-state index contributed by atoms with van der Waals surface area (Å²) in [6, 6.07) is 14.3. The molecule has 2 N–H and O–H groups in total. The van der Waals surface area contributed by atoms with Crippen LogP contribution in [-0.2, 0) is 6.54 Å². The minimum absolute atomic E-state index is 0.262. The van der Waals surface area contributed by atoms with E-state index in [0.717, 1.165) is 11.3 Å². The van der Waals surface area contributed by atoms with Crippen molar-refractivity contribution < 1.29 is 4.79 Å². The van der Waals surface area contributed by atoms with Crippen LogP contribution >= 0.6 is 0 Å². The van der Waals surface area contributed by atoms with Crippen molar-refractivity contribution in [3.05, 3.63) is 83.9 Å². The van der Waals surface area contributed by atoms with Gasteiger partial charge in [0.15, 0.2) is 0 Å². The van der Waals surface area contributed by atoms with E-state index >= 15 is 0 Å². The van der Waals surface area contributed by atoms with Gasteiger partial charge in [-0.25, -0.2) is 0 Å². The molecule has 0 aliphatic rings. The summed E-state index contributed by atoms with van der Waals surface area (Å²) in [7, 11) is 0. The molecule has 2 heterocycles. The maximum absolute atomic E-state index is 12.3. The molecule has 0 atom stereocenters. The second-order valence-electron chi connectivity index (χ2n) is 5.32. The molecule has 3 aromatic rings. The Balaban J connectivity index is 1.65. The number of benzene rings is 1. The molecule has 0 bridgehead atoms. The van der Waals surface area contributed by atoms with E-state index in [-0.39, 0.29) is 5.91 Å². The highest BCUT2D eigenvalue weighted by atomic mass is 16.1. The number of anilines is 2. The number of pyridine rings is 2. The zero-order valence-corrected chi connectivity index (χ0v) is 13.3. The molecular formula is C19H15N5O. The van der Waals surface area contributed by atoms with E-state index in [1.54, 1.807) is 48.9 Å². The minimum atomic E-state index is -0.262. The predicted molar refractivity (Wildman–Crippen MR) is 94.9 cm³/mol. The summed E-state index contributed by atoms with van der Waals surface area (Å²) >= 11 is 0. The average Bonchev–Trinajstić information content (AvgIpc) is 2.68. The number of carbonyl (C=O) groups is 1. The molecule has 25 heavy (non-hydrogen) atoms. The number of carbonyl (C=O) groups excluding carboxylic acids is 1. The smallest absolute Gasteiger partial charge is 0.257 e. The van der Waals surface area contributed by atoms with Gasteiger partial charge in [-0.3, -0.25) is 14.8 Å². The summed E-state index contributed by atoms with van der Waals surface area (Å²) < 4.78 is 0. The summed E-state index contributed by atoms with van der Waals surface area (Å²) in [4.78, 5) is 20.5. The topological polar surface area (TPSA) is 90.7 Å². The number of aromatic nitrogens is 2. The first-order valence-corrected chi connectivity index (χ1v) is 7.64. The van der Waals surface area contributed by atoms with Gasteiger partial charge in [-0.2, -0.15) is 5.26 Å². The summed E-state index contributed by atoms with van der Waals surface area (Å²) in [5.41, 5.74) is 3.39. The first kappa shape index (κ1) is 16.1. The second kappa shape index (κ2) is 7.70. The number of nitriles is 1. The molecule has 0 radical (unpaired) electrons. The predicted octanol–water partition coefficient (Wildman–Crippen LogP) is 3.21. The van der Waals surface area contributed by atoms with Gasteiger partial charge in [-0.15, -0.1) is 0 Å². The molecule has 1 amide bonds. The van der Waals surface area contributed by atoms with Crippen molar-refractivity contribution in [3.8, 4) is 6.07 Å². The SMILES string of the molecule is N#Cc1ccc(NC(=O)c2cncc(NCc3cccnc3)c2)cc1. The standard InChI is InChI=1S/C19H15N5O/c20-9-14-3-5-17(6-4-14)24-19(25)16-8-18(13-22-12-16)23-11-15-2-1-7-21-10-15/h1-8,10,12-13,23H,11H2,(H,24,25). The normalized spacial score (nSPS) is 9.88. The van der Waals surface area contributed by atoms with Gasteiger partial charge >= 0.3 is 0 Å². The highest BCUT2D eigenvalue weighted by molar-refractivity contribution is 6.04. The van der Waals surface area contributed by atoms with Crippen LogP contribution in [0.15, 0.2) is 67.3 Å². The van der Waals surface area contributed by atoms with Gasteiger partial charge in [-0.1, -0.05) is 6.07 Å². The molecule has 122 valence electrons. The monoisotopic (exact) mass is 329 g/mol. The first-order chi connectivity index (χ1) is 12.2. The van der Waals surface area contributed by atoms with Crippen LogP contribution in [0.4, 0.5) is 11.4 Å². The third-order valence-corrected chi connectivity index (χ3v) is 3.49. The Morgan fingerprint density at radius 1 is 1.04 bits per heavy atom. The van der Waals surface area contributed by atoms with Gasteiger partial charge in [0.05, 0.1) is 22.9 Å². The van der Waals surface area contributed by atoms with Gasteiger partial charge in [-0.05, 0) is 42.0 Å². The summed E-state index contributed by atoms with van der Waals surface area (Å²) in [6.07, 6.45) is 6.67. The van der Waals surface area contributed by atoms with Gasteiger partial charge < -0.3 is 10.6 Å². The van der Waals surface area contributed by atoms with E-state index in [0.29, 0.717) is 23.4 Å². The fourth-order valence-electron chi connectivity index (χ4n) is 2.20. The lowest BCUT2D eigenvalue weighted by Crippen LogP contribution is -2.12. The fraction of sp³-hybridized carbons (Fsp3) is 0.0526. The molecule has 1 aromatic carbocycles. The van der Waals surface area contributed by atoms with Crippen molar-refractivity contribution >= 4 is 17.3 Å². The molecule has 0 saturated carbocycles. The number of rotatable bonds is 5. The van der Waals surface area contributed by atoms with Crippen LogP contribution < -0.4 is 10.6 Å². The zero-order valence-electron chi connectivity index (χ0n) is 13.3. The fourth-order valence-corrected chi connectivity index (χ4v) is 2.20. The molecule has 2 aromatic heterocycles. The molecular weight excluding hydrogens is 314 g/mol. The maximum atomic E-state index is 12.3. The summed E-state index contributed by atoms with van der Waals surface area (Å²) in [6.45, 7) is 0.593. The van der Waals surface area contributed by atoms with Crippen molar-refractivity contribution in [2.75, 3.05) is 10.6 Å². The first-order valence-electron chi connectivity index (χ1n) is 7.64. The number of amides is 1. The van der Waals surface area contributed by atoms with Gasteiger partial charge in [0.2, 0.25) is 0 Å². The van der Waals surface area contributed by atoms with Crippen LogP contribution in [0.5, 0.6) is 0 Å². The third kappa shape index (κ3) is 4.39. The van der Waals surface area contributed by atoms with Crippen LogP contribution in [0, 0.1) is 11.3 Å². The molecule has 6 nitrogen and oxygen atoms in total. The second-order valence-corrected chi connectivity index (χ2v) is 5.32. The Bertz CT molecular complexity index is 901. The van der Waals surface area contributed by atoms with Crippen LogP contribution in [0.2, 0.25) is 0 Å². The Morgan fingerprint density at radius 2 is 1.88 bits per heavy atom. The maximum Gasteiger partial charge on any atom is 0.257 e. The minimum Gasteiger partial charge on any atom is -0.380 e.